The summed E-state index contributed by atoms with van der Waals surface area (Å²) in [4.78, 5) is 29.8. The number of anilines is 1. The number of nitrogens with one attached hydrogen (secondary N) is 1. The first-order valence-electron chi connectivity index (χ1n) is 9.63. The van der Waals surface area contributed by atoms with Gasteiger partial charge >= 0.3 is 0 Å². The summed E-state index contributed by atoms with van der Waals surface area (Å²) in [6.45, 7) is 2.10. The fourth-order valence-electron chi connectivity index (χ4n) is 2.96. The van der Waals surface area contributed by atoms with Crippen LogP contribution < -0.4 is 20.3 Å². The lowest BCUT2D eigenvalue weighted by atomic mass is 10.2. The van der Waals surface area contributed by atoms with Crippen LogP contribution in [0.4, 0.5) is 5.69 Å². The van der Waals surface area contributed by atoms with E-state index in [0.717, 1.165) is 11.4 Å². The van der Waals surface area contributed by atoms with Crippen molar-refractivity contribution in [3.63, 3.8) is 0 Å². The Kier molecular flexibility index (Phi) is 5.94. The molecule has 0 atom stereocenters. The zero-order chi connectivity index (χ0) is 21.8. The van der Waals surface area contributed by atoms with Crippen LogP contribution in [-0.2, 0) is 13.0 Å². The Morgan fingerprint density at radius 3 is 2.81 bits per heavy atom. The fourth-order valence-corrected chi connectivity index (χ4v) is 3.82. The number of methoxy groups -OCH3 is 1. The van der Waals surface area contributed by atoms with Crippen LogP contribution in [0.3, 0.4) is 0 Å². The molecule has 31 heavy (non-hydrogen) atoms. The first kappa shape index (κ1) is 20.5. The van der Waals surface area contributed by atoms with E-state index in [9.17, 15) is 9.59 Å². The monoisotopic (exact) mass is 436 g/mol. The first-order valence-corrected chi connectivity index (χ1v) is 10.4. The summed E-state index contributed by atoms with van der Waals surface area (Å²) in [5, 5.41) is 7.92. The molecule has 4 aromatic rings. The Balaban J connectivity index is 1.47. The minimum Gasteiger partial charge on any atom is -0.496 e. The van der Waals surface area contributed by atoms with E-state index in [1.807, 2.05) is 6.92 Å². The van der Waals surface area contributed by atoms with Crippen LogP contribution in [0, 0.1) is 0 Å². The Hall–Kier alpha value is -3.72. The van der Waals surface area contributed by atoms with Gasteiger partial charge in [0, 0.05) is 17.8 Å². The number of ether oxygens (including phenoxy) is 2. The van der Waals surface area contributed by atoms with Crippen LogP contribution in [0.5, 0.6) is 11.5 Å². The molecule has 1 amide bonds. The molecule has 158 valence electrons. The number of carbonyl (C=O) groups excluding carboxylic acids is 1. The maximum Gasteiger partial charge on any atom is 0.275 e. The molecule has 9 heteroatoms. The van der Waals surface area contributed by atoms with Gasteiger partial charge in [-0.05, 0) is 30.7 Å². The van der Waals surface area contributed by atoms with Crippen molar-refractivity contribution in [3.05, 3.63) is 81.2 Å². The molecule has 0 fully saturated rings. The predicted molar refractivity (Wildman–Crippen MR) is 118 cm³/mol. The van der Waals surface area contributed by atoms with Gasteiger partial charge in [-0.3, -0.25) is 9.59 Å². The maximum absolute atomic E-state index is 12.6. The second-order valence-electron chi connectivity index (χ2n) is 6.60. The third-order valence-electron chi connectivity index (χ3n) is 4.47. The van der Waals surface area contributed by atoms with Gasteiger partial charge in [-0.1, -0.05) is 36.5 Å². The highest BCUT2D eigenvalue weighted by atomic mass is 32.1. The van der Waals surface area contributed by atoms with Crippen molar-refractivity contribution in [1.29, 1.82) is 0 Å². The number of hydrogen-bond acceptors (Lipinski definition) is 7. The average Bonchev–Trinajstić information content (AvgIpc) is 3.22. The summed E-state index contributed by atoms with van der Waals surface area (Å²) < 4.78 is 12.3. The molecule has 0 radical (unpaired) electrons. The molecule has 0 saturated heterocycles. The van der Waals surface area contributed by atoms with Crippen molar-refractivity contribution < 1.29 is 14.3 Å². The van der Waals surface area contributed by atoms with E-state index in [2.05, 4.69) is 15.4 Å². The number of aryl methyl sites for hydroxylation is 1. The molecule has 0 aliphatic carbocycles. The molecule has 2 aromatic heterocycles. The van der Waals surface area contributed by atoms with E-state index in [1.54, 1.807) is 48.5 Å². The van der Waals surface area contributed by atoms with Crippen LogP contribution in [-0.4, -0.2) is 27.6 Å². The molecule has 0 bridgehead atoms. The van der Waals surface area contributed by atoms with E-state index in [1.165, 1.54) is 29.0 Å². The molecular formula is C22H20N4O4S. The van der Waals surface area contributed by atoms with E-state index in [4.69, 9.17) is 9.47 Å². The third-order valence-corrected chi connectivity index (χ3v) is 5.53. The van der Waals surface area contributed by atoms with Gasteiger partial charge in [-0.2, -0.15) is 9.61 Å². The molecule has 0 unspecified atom stereocenters. The van der Waals surface area contributed by atoms with Crippen LogP contribution in [0.1, 0.15) is 28.0 Å². The van der Waals surface area contributed by atoms with Crippen LogP contribution in [0.15, 0.2) is 59.4 Å². The second kappa shape index (κ2) is 8.97. The van der Waals surface area contributed by atoms with Gasteiger partial charge in [0.1, 0.15) is 23.1 Å². The smallest absolute Gasteiger partial charge is 0.275 e. The number of para-hydroxylation sites is 1. The van der Waals surface area contributed by atoms with Crippen LogP contribution >= 0.6 is 11.3 Å². The molecule has 0 aliphatic heterocycles. The number of nitrogens with zero attached hydrogens (tertiary/aromatic N) is 3. The summed E-state index contributed by atoms with van der Waals surface area (Å²) in [6.07, 6.45) is 0.743. The Morgan fingerprint density at radius 1 is 1.16 bits per heavy atom. The van der Waals surface area contributed by atoms with Crippen molar-refractivity contribution in [1.82, 2.24) is 14.6 Å². The van der Waals surface area contributed by atoms with Gasteiger partial charge in [0.2, 0.25) is 4.96 Å². The highest BCUT2D eigenvalue weighted by Crippen LogP contribution is 2.22. The van der Waals surface area contributed by atoms with Crippen LogP contribution in [0.2, 0.25) is 0 Å². The van der Waals surface area contributed by atoms with Crippen molar-refractivity contribution in [2.45, 2.75) is 20.0 Å². The zero-order valence-electron chi connectivity index (χ0n) is 17.0. The molecule has 2 heterocycles. The topological polar surface area (TPSA) is 94.8 Å². The number of fused-ring (bicyclic) bond motifs is 1. The second-order valence-corrected chi connectivity index (χ2v) is 7.64. The maximum atomic E-state index is 12.6. The highest BCUT2D eigenvalue weighted by Gasteiger charge is 2.12. The van der Waals surface area contributed by atoms with Crippen molar-refractivity contribution >= 4 is 27.9 Å². The van der Waals surface area contributed by atoms with E-state index < -0.39 is 0 Å². The van der Waals surface area contributed by atoms with Crippen molar-refractivity contribution in [2.75, 3.05) is 12.4 Å². The zero-order valence-corrected chi connectivity index (χ0v) is 17.8. The minimum absolute atomic E-state index is 0.120. The van der Waals surface area contributed by atoms with Crippen molar-refractivity contribution in [3.8, 4) is 11.5 Å². The quantitative estimate of drug-likeness (QED) is 0.476. The van der Waals surface area contributed by atoms with Gasteiger partial charge in [0.15, 0.2) is 0 Å². The van der Waals surface area contributed by atoms with Crippen LogP contribution in [0.25, 0.3) is 4.96 Å². The van der Waals surface area contributed by atoms with Gasteiger partial charge in [-0.25, -0.2) is 4.98 Å². The van der Waals surface area contributed by atoms with E-state index in [-0.39, 0.29) is 18.1 Å². The SMILES string of the molecule is CCc1nn2c(=O)cc(COc3cccc(NC(=O)c4ccccc4OC)c3)nc2s1. The predicted octanol–water partition coefficient (Wildman–Crippen LogP) is 3.55. The molecule has 0 saturated carbocycles. The van der Waals surface area contributed by atoms with Gasteiger partial charge < -0.3 is 14.8 Å². The molecule has 0 spiro atoms. The number of carbonyl (C=O) groups is 1. The summed E-state index contributed by atoms with van der Waals surface area (Å²) in [5.41, 5.74) is 1.29. The van der Waals surface area contributed by atoms with Gasteiger partial charge in [0.05, 0.1) is 18.4 Å². The Morgan fingerprint density at radius 2 is 2.00 bits per heavy atom. The molecule has 8 nitrogen and oxygen atoms in total. The molecule has 1 N–H and O–H groups in total. The van der Waals surface area contributed by atoms with E-state index >= 15 is 0 Å². The minimum atomic E-state index is -0.285. The van der Waals surface area contributed by atoms with Gasteiger partial charge in [0.25, 0.3) is 11.5 Å². The molecule has 2 aromatic carbocycles. The fraction of sp³-hybridized carbons (Fsp3) is 0.182. The Bertz CT molecular complexity index is 1300. The number of aromatic nitrogens is 3. The molecule has 4 rings (SSSR count). The number of rotatable bonds is 7. The lowest BCUT2D eigenvalue weighted by molar-refractivity contribution is 0.102. The number of benzene rings is 2. The highest BCUT2D eigenvalue weighted by molar-refractivity contribution is 7.16. The lowest BCUT2D eigenvalue weighted by Crippen LogP contribution is -2.16. The summed E-state index contributed by atoms with van der Waals surface area (Å²) in [5.74, 6) is 0.750. The largest absolute Gasteiger partial charge is 0.496 e. The van der Waals surface area contributed by atoms with Gasteiger partial charge in [-0.15, -0.1) is 0 Å². The number of amides is 1. The van der Waals surface area contributed by atoms with Crippen molar-refractivity contribution in [2.24, 2.45) is 0 Å². The molecule has 0 aliphatic rings. The summed E-state index contributed by atoms with van der Waals surface area (Å²) in [7, 11) is 1.52. The summed E-state index contributed by atoms with van der Waals surface area (Å²) in [6, 6.07) is 15.4. The standard InChI is InChI=1S/C22H20N4O4S/c1-3-19-25-26-20(27)12-15(24-22(26)31-19)13-30-16-8-6-7-14(11-16)23-21(28)17-9-4-5-10-18(17)29-2/h4-12H,3,13H2,1-2H3,(H,23,28). The third kappa shape index (κ3) is 4.56. The lowest BCUT2D eigenvalue weighted by Gasteiger charge is -2.11. The average molecular weight is 436 g/mol. The summed E-state index contributed by atoms with van der Waals surface area (Å²) >= 11 is 1.38. The first-order chi connectivity index (χ1) is 15.1. The Labute approximate surface area is 182 Å². The number of hydrogen-bond donors (Lipinski definition) is 1. The van der Waals surface area contributed by atoms with E-state index in [0.29, 0.717) is 33.4 Å². The normalized spacial score (nSPS) is 10.8. The molecular weight excluding hydrogens is 416 g/mol.